The Morgan fingerprint density at radius 2 is 1.00 bits per heavy atom. The van der Waals surface area contributed by atoms with Gasteiger partial charge in [-0.2, -0.15) is 0 Å². The highest BCUT2D eigenvalue weighted by Gasteiger charge is 2.25. The molecule has 0 amide bonds. The summed E-state index contributed by atoms with van der Waals surface area (Å²) in [5.41, 5.74) is 5.36. The number of unbranched alkanes of at least 4 members (excludes halogenated alkanes) is 26. The number of hydrogen-bond donors (Lipinski definition) is 2. The van der Waals surface area contributed by atoms with Gasteiger partial charge in [-0.25, -0.2) is 4.57 Å². The van der Waals surface area contributed by atoms with Crippen LogP contribution in [0.4, 0.5) is 0 Å². The number of rotatable bonds is 41. The molecule has 50 heavy (non-hydrogen) atoms. The highest BCUT2D eigenvalue weighted by atomic mass is 31.2. The lowest BCUT2D eigenvalue weighted by Gasteiger charge is -2.20. The van der Waals surface area contributed by atoms with Crippen LogP contribution in [-0.2, 0) is 27.9 Å². The molecule has 298 valence electrons. The predicted molar refractivity (Wildman–Crippen MR) is 210 cm³/mol. The first kappa shape index (κ1) is 49.2. The zero-order chi connectivity index (χ0) is 36.6. The molecule has 0 fully saturated rings. The van der Waals surface area contributed by atoms with E-state index in [0.29, 0.717) is 13.0 Å². The van der Waals surface area contributed by atoms with Gasteiger partial charge in [-0.3, -0.25) is 13.8 Å². The van der Waals surface area contributed by atoms with Crippen LogP contribution >= 0.6 is 7.82 Å². The fraction of sp³-hybridized carbons (Fsp3) is 0.927. The topological polar surface area (TPSA) is 117 Å². The third-order valence-corrected chi connectivity index (χ3v) is 10.2. The molecule has 8 nitrogen and oxygen atoms in total. The summed E-state index contributed by atoms with van der Waals surface area (Å²) in [4.78, 5) is 22.4. The Bertz CT molecular complexity index is 782. The van der Waals surface area contributed by atoms with E-state index in [9.17, 15) is 14.3 Å². The van der Waals surface area contributed by atoms with Gasteiger partial charge >= 0.3 is 13.8 Å². The minimum absolute atomic E-state index is 0.0939. The molecule has 0 spiro atoms. The normalized spacial score (nSPS) is 13.6. The Balaban J connectivity index is 3.96. The quantitative estimate of drug-likeness (QED) is 0.0276. The molecule has 0 heterocycles. The summed E-state index contributed by atoms with van der Waals surface area (Å²) in [6, 6.07) is 0. The number of phosphoric acid groups is 1. The van der Waals surface area contributed by atoms with Gasteiger partial charge in [0.1, 0.15) is 6.10 Å². The molecule has 2 unspecified atom stereocenters. The number of phosphoric ester groups is 1. The predicted octanol–water partition coefficient (Wildman–Crippen LogP) is 12.3. The summed E-state index contributed by atoms with van der Waals surface area (Å²) in [6.45, 7) is 4.92. The lowest BCUT2D eigenvalue weighted by atomic mass is 10.0. The fourth-order valence-electron chi connectivity index (χ4n) is 6.05. The van der Waals surface area contributed by atoms with Crippen LogP contribution < -0.4 is 5.73 Å². The Morgan fingerprint density at radius 3 is 1.50 bits per heavy atom. The van der Waals surface area contributed by atoms with E-state index >= 15 is 0 Å². The largest absolute Gasteiger partial charge is 0.472 e. The van der Waals surface area contributed by atoms with Crippen molar-refractivity contribution in [2.45, 2.75) is 213 Å². The highest BCUT2D eigenvalue weighted by molar-refractivity contribution is 7.47. The van der Waals surface area contributed by atoms with Crippen LogP contribution in [0.2, 0.25) is 0 Å². The standard InChI is InChI=1S/C41H82NO7P/c1-3-5-7-9-11-13-15-17-18-19-20-21-22-23-25-27-29-31-33-36-46-38-40(39-48-50(44,45)47-37-35-42)49-41(43)34-32-30-28-26-24-16-14-12-10-8-6-4-2/h12,14,40H,3-11,13,15-39,42H2,1-2H3,(H,44,45)/b14-12-. The molecule has 0 aromatic heterocycles. The van der Waals surface area contributed by atoms with Gasteiger partial charge in [-0.1, -0.05) is 174 Å². The maximum Gasteiger partial charge on any atom is 0.472 e. The number of ether oxygens (including phenoxy) is 2. The molecule has 0 saturated heterocycles. The van der Waals surface area contributed by atoms with Crippen LogP contribution in [-0.4, -0.2) is 49.9 Å². The van der Waals surface area contributed by atoms with Crippen molar-refractivity contribution >= 4 is 13.8 Å². The van der Waals surface area contributed by atoms with E-state index in [-0.39, 0.29) is 32.3 Å². The molecule has 0 bridgehead atoms. The van der Waals surface area contributed by atoms with E-state index in [1.54, 1.807) is 0 Å². The Kier molecular flexibility index (Phi) is 38.8. The first-order valence-corrected chi connectivity index (χ1v) is 22.7. The third kappa shape index (κ3) is 38.5. The van der Waals surface area contributed by atoms with Crippen molar-refractivity contribution in [1.82, 2.24) is 0 Å². The molecule has 2 atom stereocenters. The smallest absolute Gasteiger partial charge is 0.457 e. The van der Waals surface area contributed by atoms with Crippen LogP contribution in [0.5, 0.6) is 0 Å². The Labute approximate surface area is 309 Å². The van der Waals surface area contributed by atoms with Gasteiger partial charge in [0.2, 0.25) is 0 Å². The minimum Gasteiger partial charge on any atom is -0.457 e. The molecule has 0 rings (SSSR count). The number of allylic oxidation sites excluding steroid dienone is 2. The number of esters is 1. The summed E-state index contributed by atoms with van der Waals surface area (Å²) >= 11 is 0. The molecule has 0 radical (unpaired) electrons. The summed E-state index contributed by atoms with van der Waals surface area (Å²) in [7, 11) is -4.27. The monoisotopic (exact) mass is 732 g/mol. The number of carbonyl (C=O) groups excluding carboxylic acids is 1. The second kappa shape index (κ2) is 39.4. The van der Waals surface area contributed by atoms with E-state index in [1.807, 2.05) is 0 Å². The Hall–Kier alpha value is -0.760. The summed E-state index contributed by atoms with van der Waals surface area (Å²) in [5, 5.41) is 0. The van der Waals surface area contributed by atoms with Crippen LogP contribution in [0.15, 0.2) is 12.2 Å². The third-order valence-electron chi connectivity index (χ3n) is 9.18. The molecule has 0 aromatic rings. The molecule has 0 aliphatic carbocycles. The highest BCUT2D eigenvalue weighted by Crippen LogP contribution is 2.43. The minimum atomic E-state index is -4.27. The number of nitrogens with two attached hydrogens (primary N) is 1. The summed E-state index contributed by atoms with van der Waals surface area (Å²) in [5.74, 6) is -0.337. The van der Waals surface area contributed by atoms with Gasteiger partial charge in [0, 0.05) is 19.6 Å². The second-order valence-corrected chi connectivity index (χ2v) is 15.7. The molecule has 9 heteroatoms. The summed E-state index contributed by atoms with van der Waals surface area (Å²) < 4.78 is 33.4. The van der Waals surface area contributed by atoms with Crippen LogP contribution in [0.3, 0.4) is 0 Å². The zero-order valence-electron chi connectivity index (χ0n) is 32.9. The molecule has 0 aliphatic heterocycles. The fourth-order valence-corrected chi connectivity index (χ4v) is 6.82. The van der Waals surface area contributed by atoms with E-state index in [1.165, 1.54) is 141 Å². The number of hydrogen-bond acceptors (Lipinski definition) is 7. The molecule has 0 aliphatic rings. The van der Waals surface area contributed by atoms with Gasteiger partial charge in [0.25, 0.3) is 0 Å². The van der Waals surface area contributed by atoms with E-state index in [2.05, 4.69) is 26.0 Å². The van der Waals surface area contributed by atoms with Crippen LogP contribution in [0.1, 0.15) is 206 Å². The van der Waals surface area contributed by atoms with Crippen molar-refractivity contribution in [3.63, 3.8) is 0 Å². The van der Waals surface area contributed by atoms with Gasteiger partial charge in [-0.15, -0.1) is 0 Å². The molecular weight excluding hydrogens is 649 g/mol. The average Bonchev–Trinajstić information content (AvgIpc) is 3.10. The molecule has 0 saturated carbocycles. The van der Waals surface area contributed by atoms with Gasteiger partial charge < -0.3 is 20.1 Å². The lowest BCUT2D eigenvalue weighted by Crippen LogP contribution is -2.28. The van der Waals surface area contributed by atoms with Crippen LogP contribution in [0, 0.1) is 0 Å². The van der Waals surface area contributed by atoms with E-state index in [4.69, 9.17) is 24.3 Å². The van der Waals surface area contributed by atoms with Crippen molar-refractivity contribution < 1.29 is 32.8 Å². The maximum atomic E-state index is 12.5. The average molecular weight is 732 g/mol. The maximum absolute atomic E-state index is 12.5. The van der Waals surface area contributed by atoms with Crippen molar-refractivity contribution in [3.05, 3.63) is 12.2 Å². The van der Waals surface area contributed by atoms with Gasteiger partial charge in [0.15, 0.2) is 0 Å². The zero-order valence-corrected chi connectivity index (χ0v) is 33.8. The first-order chi connectivity index (χ1) is 24.4. The SMILES string of the molecule is CCCCC/C=C\CCCCCCCC(=O)OC(COCCCCCCCCCCCCCCCCCCCCC)COP(=O)(O)OCCN. The van der Waals surface area contributed by atoms with Gasteiger partial charge in [-0.05, 0) is 38.5 Å². The van der Waals surface area contributed by atoms with Crippen molar-refractivity contribution in [1.29, 1.82) is 0 Å². The Morgan fingerprint density at radius 1 is 0.580 bits per heavy atom. The summed E-state index contributed by atoms with van der Waals surface area (Å²) in [6.07, 6.45) is 40.9. The molecule has 3 N–H and O–H groups in total. The van der Waals surface area contributed by atoms with Crippen molar-refractivity contribution in [2.24, 2.45) is 5.73 Å². The van der Waals surface area contributed by atoms with E-state index in [0.717, 1.165) is 44.9 Å². The van der Waals surface area contributed by atoms with Crippen molar-refractivity contribution in [2.75, 3.05) is 33.0 Å². The molecular formula is C41H82NO7P. The second-order valence-electron chi connectivity index (χ2n) is 14.2. The number of carbonyl (C=O) groups is 1. The van der Waals surface area contributed by atoms with E-state index < -0.39 is 13.9 Å². The first-order valence-electron chi connectivity index (χ1n) is 21.2. The van der Waals surface area contributed by atoms with Crippen molar-refractivity contribution in [3.8, 4) is 0 Å². The van der Waals surface area contributed by atoms with Gasteiger partial charge in [0.05, 0.1) is 19.8 Å². The van der Waals surface area contributed by atoms with Crippen LogP contribution in [0.25, 0.3) is 0 Å². The molecule has 0 aromatic carbocycles. The lowest BCUT2D eigenvalue weighted by molar-refractivity contribution is -0.154.